The van der Waals surface area contributed by atoms with Crippen LogP contribution in [-0.2, 0) is 4.79 Å². The van der Waals surface area contributed by atoms with Crippen LogP contribution in [0.2, 0.25) is 0 Å². The molecule has 2 unspecified atom stereocenters. The molecular weight excluding hydrogens is 248 g/mol. The van der Waals surface area contributed by atoms with Crippen molar-refractivity contribution >= 4 is 5.97 Å². The predicted octanol–water partition coefficient (Wildman–Crippen LogP) is 0.657. The second kappa shape index (κ2) is 5.46. The summed E-state index contributed by atoms with van der Waals surface area (Å²) in [5.41, 5.74) is 1.85. The van der Waals surface area contributed by atoms with E-state index < -0.39 is 12.0 Å². The number of aliphatic carboxylic acids is 1. The zero-order chi connectivity index (χ0) is 14.0. The number of carboxylic acids is 1. The number of carboxylic acid groups (broad SMARTS) is 1. The van der Waals surface area contributed by atoms with Crippen LogP contribution >= 0.6 is 0 Å². The molecular formula is C13H18N2O4. The zero-order valence-electron chi connectivity index (χ0n) is 11.2. The van der Waals surface area contributed by atoms with Gasteiger partial charge in [-0.1, -0.05) is 0 Å². The molecule has 104 valence electrons. The molecule has 0 aliphatic carbocycles. The summed E-state index contributed by atoms with van der Waals surface area (Å²) in [4.78, 5) is 11.3. The van der Waals surface area contributed by atoms with Gasteiger partial charge in [-0.2, -0.15) is 0 Å². The summed E-state index contributed by atoms with van der Waals surface area (Å²) in [5, 5.41) is 15.1. The minimum absolute atomic E-state index is 0.205. The van der Waals surface area contributed by atoms with Gasteiger partial charge in [-0.3, -0.25) is 4.79 Å². The average molecular weight is 266 g/mol. The quantitative estimate of drug-likeness (QED) is 0.726. The molecule has 1 aliphatic heterocycles. The molecule has 0 bridgehead atoms. The Balaban J connectivity index is 2.40. The molecule has 1 heterocycles. The largest absolute Gasteiger partial charge is 0.480 e. The number of likely N-dealkylation sites (N-methyl/N-ethyl adjacent to an activating group) is 2. The van der Waals surface area contributed by atoms with Crippen molar-refractivity contribution in [1.29, 1.82) is 0 Å². The third-order valence-electron chi connectivity index (χ3n) is 3.32. The zero-order valence-corrected chi connectivity index (χ0v) is 11.2. The maximum Gasteiger partial charge on any atom is 0.322 e. The fraction of sp³-hybridized carbons (Fsp3) is 0.462. The number of ether oxygens (including phenoxy) is 2. The van der Waals surface area contributed by atoms with Crippen molar-refractivity contribution in [1.82, 2.24) is 10.6 Å². The molecule has 0 aromatic heterocycles. The molecule has 2 atom stereocenters. The Kier molecular flexibility index (Phi) is 3.92. The van der Waals surface area contributed by atoms with Gasteiger partial charge in [-0.05, 0) is 44.3 Å². The highest BCUT2D eigenvalue weighted by Crippen LogP contribution is 2.37. The smallest absolute Gasteiger partial charge is 0.322 e. The van der Waals surface area contributed by atoms with Crippen molar-refractivity contribution in [3.8, 4) is 11.5 Å². The van der Waals surface area contributed by atoms with Crippen LogP contribution < -0.4 is 20.1 Å². The third kappa shape index (κ3) is 2.50. The van der Waals surface area contributed by atoms with E-state index in [4.69, 9.17) is 9.47 Å². The first-order valence-electron chi connectivity index (χ1n) is 6.06. The molecule has 0 radical (unpaired) electrons. The van der Waals surface area contributed by atoms with Crippen molar-refractivity contribution in [2.75, 3.05) is 20.9 Å². The lowest BCUT2D eigenvalue weighted by atomic mass is 9.94. The molecule has 6 heteroatoms. The fourth-order valence-electron chi connectivity index (χ4n) is 2.33. The van der Waals surface area contributed by atoms with Crippen LogP contribution in [0.25, 0.3) is 0 Å². The second-order valence-electron chi connectivity index (χ2n) is 4.43. The van der Waals surface area contributed by atoms with E-state index >= 15 is 0 Å². The highest BCUT2D eigenvalue weighted by Gasteiger charge is 2.29. The second-order valence-corrected chi connectivity index (χ2v) is 4.43. The summed E-state index contributed by atoms with van der Waals surface area (Å²) in [5.74, 6) is 0.451. The standard InChI is InChI=1S/C13H18N2O4/c1-7-4-9-10(19-6-18-9)5-8(7)11(14-2)12(15-3)13(16)17/h4-5,11-12,14-15H,6H2,1-3H3,(H,16,17). The Bertz CT molecular complexity index is 490. The molecule has 3 N–H and O–H groups in total. The minimum atomic E-state index is -0.904. The average Bonchev–Trinajstić information content (AvgIpc) is 2.81. The maximum atomic E-state index is 11.3. The number of nitrogens with one attached hydrogen (secondary N) is 2. The summed E-state index contributed by atoms with van der Waals surface area (Å²) >= 11 is 0. The van der Waals surface area contributed by atoms with E-state index in [1.165, 1.54) is 0 Å². The van der Waals surface area contributed by atoms with Gasteiger partial charge in [0.25, 0.3) is 0 Å². The van der Waals surface area contributed by atoms with E-state index in [1.54, 1.807) is 14.1 Å². The summed E-state index contributed by atoms with van der Waals surface area (Å²) in [6, 6.07) is 2.64. The molecule has 0 fully saturated rings. The van der Waals surface area contributed by atoms with Gasteiger partial charge in [-0.15, -0.1) is 0 Å². The molecule has 0 saturated carbocycles. The first kappa shape index (κ1) is 13.6. The first-order chi connectivity index (χ1) is 9.08. The number of fused-ring (bicyclic) bond motifs is 1. The summed E-state index contributed by atoms with van der Waals surface area (Å²) < 4.78 is 10.7. The third-order valence-corrected chi connectivity index (χ3v) is 3.32. The van der Waals surface area contributed by atoms with Crippen molar-refractivity contribution in [2.45, 2.75) is 19.0 Å². The van der Waals surface area contributed by atoms with Crippen LogP contribution in [0.4, 0.5) is 0 Å². The Labute approximate surface area is 111 Å². The Morgan fingerprint density at radius 1 is 1.26 bits per heavy atom. The number of rotatable bonds is 5. The minimum Gasteiger partial charge on any atom is -0.480 e. The van der Waals surface area contributed by atoms with E-state index in [0.717, 1.165) is 11.1 Å². The number of hydrogen-bond acceptors (Lipinski definition) is 5. The van der Waals surface area contributed by atoms with Crippen LogP contribution in [0, 0.1) is 6.92 Å². The number of hydrogen-bond donors (Lipinski definition) is 3. The lowest BCUT2D eigenvalue weighted by Crippen LogP contribution is -2.44. The van der Waals surface area contributed by atoms with Gasteiger partial charge in [0.2, 0.25) is 6.79 Å². The SMILES string of the molecule is CNC(C(=O)O)C(NC)c1cc2c(cc1C)OCO2. The van der Waals surface area contributed by atoms with E-state index in [2.05, 4.69) is 10.6 Å². The van der Waals surface area contributed by atoms with Crippen LogP contribution in [0.5, 0.6) is 11.5 Å². The van der Waals surface area contributed by atoms with Crippen LogP contribution in [-0.4, -0.2) is 38.0 Å². The fourth-order valence-corrected chi connectivity index (χ4v) is 2.33. The highest BCUT2D eigenvalue weighted by atomic mass is 16.7. The summed E-state index contributed by atoms with van der Waals surface area (Å²) in [6.45, 7) is 2.13. The Morgan fingerprint density at radius 2 is 1.89 bits per heavy atom. The Morgan fingerprint density at radius 3 is 2.42 bits per heavy atom. The van der Waals surface area contributed by atoms with Crippen molar-refractivity contribution in [3.63, 3.8) is 0 Å². The van der Waals surface area contributed by atoms with Gasteiger partial charge in [0.05, 0.1) is 6.04 Å². The monoisotopic (exact) mass is 266 g/mol. The topological polar surface area (TPSA) is 79.8 Å². The van der Waals surface area contributed by atoms with Crippen LogP contribution in [0.15, 0.2) is 12.1 Å². The number of benzene rings is 1. The molecule has 6 nitrogen and oxygen atoms in total. The molecule has 19 heavy (non-hydrogen) atoms. The summed E-state index contributed by atoms with van der Waals surface area (Å²) in [6.07, 6.45) is 0. The van der Waals surface area contributed by atoms with Gasteiger partial charge >= 0.3 is 5.97 Å². The van der Waals surface area contributed by atoms with Crippen molar-refractivity contribution in [3.05, 3.63) is 23.3 Å². The maximum absolute atomic E-state index is 11.3. The van der Waals surface area contributed by atoms with Gasteiger partial charge in [0.1, 0.15) is 6.04 Å². The lowest BCUT2D eigenvalue weighted by molar-refractivity contribution is -0.140. The van der Waals surface area contributed by atoms with E-state index in [-0.39, 0.29) is 12.8 Å². The first-order valence-corrected chi connectivity index (χ1v) is 6.06. The molecule has 2 rings (SSSR count). The normalized spacial score (nSPS) is 16.2. The molecule has 1 aromatic carbocycles. The van der Waals surface area contributed by atoms with Gasteiger partial charge in [0, 0.05) is 0 Å². The lowest BCUT2D eigenvalue weighted by Gasteiger charge is -2.25. The van der Waals surface area contributed by atoms with E-state index in [1.807, 2.05) is 19.1 Å². The van der Waals surface area contributed by atoms with Gasteiger partial charge in [0.15, 0.2) is 11.5 Å². The van der Waals surface area contributed by atoms with Gasteiger partial charge in [-0.25, -0.2) is 0 Å². The Hall–Kier alpha value is -1.79. The molecule has 1 aromatic rings. The predicted molar refractivity (Wildman–Crippen MR) is 69.6 cm³/mol. The number of carbonyl (C=O) groups is 1. The van der Waals surface area contributed by atoms with Crippen molar-refractivity contribution in [2.24, 2.45) is 0 Å². The van der Waals surface area contributed by atoms with Crippen LogP contribution in [0.3, 0.4) is 0 Å². The van der Waals surface area contributed by atoms with Gasteiger partial charge < -0.3 is 25.2 Å². The molecule has 1 aliphatic rings. The molecule has 0 saturated heterocycles. The highest BCUT2D eigenvalue weighted by molar-refractivity contribution is 5.75. The van der Waals surface area contributed by atoms with Crippen molar-refractivity contribution < 1.29 is 19.4 Å². The van der Waals surface area contributed by atoms with E-state index in [0.29, 0.717) is 11.5 Å². The summed E-state index contributed by atoms with van der Waals surface area (Å²) in [7, 11) is 3.37. The van der Waals surface area contributed by atoms with Crippen LogP contribution in [0.1, 0.15) is 17.2 Å². The number of aryl methyl sites for hydroxylation is 1. The molecule has 0 spiro atoms. The molecule has 0 amide bonds. The van der Waals surface area contributed by atoms with E-state index in [9.17, 15) is 9.90 Å².